The Morgan fingerprint density at radius 2 is 2.13 bits per heavy atom. The molecular weight excluding hydrogens is 216 g/mol. The minimum atomic E-state index is -3.30. The maximum absolute atomic E-state index is 11.3. The molecule has 0 atom stereocenters. The number of hydrogen-bond acceptors (Lipinski definition) is 3. The molecule has 0 aromatic rings. The number of carbonyl (C=O) groups excluding carboxylic acids is 1. The summed E-state index contributed by atoms with van der Waals surface area (Å²) in [6, 6.07) is 0. The second-order valence-corrected chi connectivity index (χ2v) is 5.01. The van der Waals surface area contributed by atoms with E-state index in [0.29, 0.717) is 13.0 Å². The molecule has 0 radical (unpaired) electrons. The molecule has 0 unspecified atom stereocenters. The van der Waals surface area contributed by atoms with Gasteiger partial charge in [0.1, 0.15) is 0 Å². The molecule has 0 aliphatic carbocycles. The van der Waals surface area contributed by atoms with Crippen LogP contribution in [0.15, 0.2) is 12.7 Å². The van der Waals surface area contributed by atoms with Crippen LogP contribution in [-0.4, -0.2) is 33.2 Å². The first-order chi connectivity index (χ1) is 7.02. The van der Waals surface area contributed by atoms with Crippen LogP contribution in [0.5, 0.6) is 0 Å². The standard InChI is InChI=1S/C9H18N2O3S/c1-3-5-7-15(13,14)11-8-9(12)10-6-4-2/h4,11H,2-3,5-8H2,1H3,(H,10,12). The van der Waals surface area contributed by atoms with Gasteiger partial charge in [0.25, 0.3) is 0 Å². The van der Waals surface area contributed by atoms with Crippen LogP contribution in [0.4, 0.5) is 0 Å². The van der Waals surface area contributed by atoms with Crippen LogP contribution in [-0.2, 0) is 14.8 Å². The summed E-state index contributed by atoms with van der Waals surface area (Å²) in [7, 11) is -3.30. The Balaban J connectivity index is 3.82. The highest BCUT2D eigenvalue weighted by Crippen LogP contribution is 1.92. The summed E-state index contributed by atoms with van der Waals surface area (Å²) in [5, 5.41) is 2.48. The van der Waals surface area contributed by atoms with Gasteiger partial charge in [-0.1, -0.05) is 19.4 Å². The first kappa shape index (κ1) is 14.1. The van der Waals surface area contributed by atoms with E-state index >= 15 is 0 Å². The fourth-order valence-corrected chi connectivity index (χ4v) is 1.99. The summed E-state index contributed by atoms with van der Waals surface area (Å²) in [6.45, 7) is 5.47. The van der Waals surface area contributed by atoms with E-state index in [1.165, 1.54) is 6.08 Å². The Bertz CT molecular complexity index is 298. The highest BCUT2D eigenvalue weighted by molar-refractivity contribution is 7.89. The summed E-state index contributed by atoms with van der Waals surface area (Å²) in [6.07, 6.45) is 2.94. The molecule has 0 rings (SSSR count). The van der Waals surface area contributed by atoms with Crippen LogP contribution in [0, 0.1) is 0 Å². The van der Waals surface area contributed by atoms with Gasteiger partial charge in [-0.05, 0) is 6.42 Å². The average molecular weight is 234 g/mol. The predicted octanol–water partition coefficient (Wildman–Crippen LogP) is 0.00810. The van der Waals surface area contributed by atoms with Crippen molar-refractivity contribution in [1.82, 2.24) is 10.0 Å². The number of amides is 1. The molecule has 0 aromatic carbocycles. The van der Waals surface area contributed by atoms with E-state index in [4.69, 9.17) is 0 Å². The number of nitrogens with one attached hydrogen (secondary N) is 2. The topological polar surface area (TPSA) is 75.3 Å². The van der Waals surface area contributed by atoms with Crippen molar-refractivity contribution < 1.29 is 13.2 Å². The van der Waals surface area contributed by atoms with Gasteiger partial charge in [-0.25, -0.2) is 13.1 Å². The zero-order valence-electron chi connectivity index (χ0n) is 8.95. The number of unbranched alkanes of at least 4 members (excludes halogenated alkanes) is 1. The van der Waals surface area contributed by atoms with Crippen molar-refractivity contribution in [2.24, 2.45) is 0 Å². The lowest BCUT2D eigenvalue weighted by Gasteiger charge is -2.05. The molecule has 6 heteroatoms. The minimum absolute atomic E-state index is 0.0677. The highest BCUT2D eigenvalue weighted by Gasteiger charge is 2.10. The maximum Gasteiger partial charge on any atom is 0.235 e. The molecule has 0 aromatic heterocycles. The molecule has 15 heavy (non-hydrogen) atoms. The summed E-state index contributed by atoms with van der Waals surface area (Å²) in [5.74, 6) is -0.284. The predicted molar refractivity (Wildman–Crippen MR) is 59.9 cm³/mol. The van der Waals surface area contributed by atoms with E-state index in [0.717, 1.165) is 6.42 Å². The van der Waals surface area contributed by atoms with Crippen LogP contribution in [0.2, 0.25) is 0 Å². The molecule has 0 aliphatic rings. The number of sulfonamides is 1. The van der Waals surface area contributed by atoms with Crippen molar-refractivity contribution >= 4 is 15.9 Å². The lowest BCUT2D eigenvalue weighted by atomic mass is 10.4. The number of rotatable bonds is 8. The van der Waals surface area contributed by atoms with Crippen molar-refractivity contribution in [3.8, 4) is 0 Å². The van der Waals surface area contributed by atoms with Crippen LogP contribution in [0.3, 0.4) is 0 Å². The van der Waals surface area contributed by atoms with Gasteiger partial charge in [0.05, 0.1) is 12.3 Å². The molecule has 0 saturated heterocycles. The molecule has 1 amide bonds. The minimum Gasteiger partial charge on any atom is -0.352 e. The van der Waals surface area contributed by atoms with Gasteiger partial charge in [-0.15, -0.1) is 6.58 Å². The molecule has 5 nitrogen and oxygen atoms in total. The summed E-state index contributed by atoms with van der Waals surface area (Å²) in [4.78, 5) is 11.0. The van der Waals surface area contributed by atoms with E-state index in [1.807, 2.05) is 6.92 Å². The van der Waals surface area contributed by atoms with Gasteiger partial charge in [-0.2, -0.15) is 0 Å². The van der Waals surface area contributed by atoms with Gasteiger partial charge in [0, 0.05) is 6.54 Å². The first-order valence-corrected chi connectivity index (χ1v) is 6.52. The fourth-order valence-electron chi connectivity index (χ4n) is 0.831. The lowest BCUT2D eigenvalue weighted by molar-refractivity contribution is -0.119. The molecule has 2 N–H and O–H groups in total. The zero-order chi connectivity index (χ0) is 11.7. The van der Waals surface area contributed by atoms with Crippen LogP contribution in [0.25, 0.3) is 0 Å². The fraction of sp³-hybridized carbons (Fsp3) is 0.667. The summed E-state index contributed by atoms with van der Waals surface area (Å²) >= 11 is 0. The van der Waals surface area contributed by atoms with Gasteiger partial charge in [0.2, 0.25) is 15.9 Å². The van der Waals surface area contributed by atoms with Gasteiger partial charge < -0.3 is 5.32 Å². The van der Waals surface area contributed by atoms with E-state index in [2.05, 4.69) is 16.6 Å². The van der Waals surface area contributed by atoms with E-state index in [-0.39, 0.29) is 18.2 Å². The molecular formula is C9H18N2O3S. The Kier molecular flexibility index (Phi) is 6.98. The van der Waals surface area contributed by atoms with E-state index < -0.39 is 10.0 Å². The third kappa shape index (κ3) is 8.14. The number of carbonyl (C=O) groups is 1. The Hall–Kier alpha value is -0.880. The normalized spacial score (nSPS) is 11.0. The smallest absolute Gasteiger partial charge is 0.235 e. The van der Waals surface area contributed by atoms with Crippen LogP contribution < -0.4 is 10.0 Å². The first-order valence-electron chi connectivity index (χ1n) is 4.86. The van der Waals surface area contributed by atoms with Gasteiger partial charge in [-0.3, -0.25) is 4.79 Å². The Morgan fingerprint density at radius 1 is 1.47 bits per heavy atom. The summed E-state index contributed by atoms with van der Waals surface area (Å²) in [5.41, 5.74) is 0. The monoisotopic (exact) mass is 234 g/mol. The molecule has 88 valence electrons. The van der Waals surface area contributed by atoms with Crippen molar-refractivity contribution in [2.45, 2.75) is 19.8 Å². The zero-order valence-corrected chi connectivity index (χ0v) is 9.77. The molecule has 0 saturated carbocycles. The SMILES string of the molecule is C=CCNC(=O)CNS(=O)(=O)CCCC. The largest absolute Gasteiger partial charge is 0.352 e. The third-order valence-corrected chi connectivity index (χ3v) is 3.07. The van der Waals surface area contributed by atoms with Gasteiger partial charge in [0.15, 0.2) is 0 Å². The lowest BCUT2D eigenvalue weighted by Crippen LogP contribution is -2.37. The van der Waals surface area contributed by atoms with Gasteiger partial charge >= 0.3 is 0 Å². The van der Waals surface area contributed by atoms with Crippen LogP contribution >= 0.6 is 0 Å². The third-order valence-electron chi connectivity index (χ3n) is 1.66. The second kappa shape index (κ2) is 7.42. The van der Waals surface area contributed by atoms with E-state index in [1.54, 1.807) is 0 Å². The molecule has 0 bridgehead atoms. The van der Waals surface area contributed by atoms with Crippen LogP contribution in [0.1, 0.15) is 19.8 Å². The Morgan fingerprint density at radius 3 is 2.67 bits per heavy atom. The molecule has 0 fully saturated rings. The second-order valence-electron chi connectivity index (χ2n) is 3.09. The van der Waals surface area contributed by atoms with Crippen molar-refractivity contribution in [1.29, 1.82) is 0 Å². The van der Waals surface area contributed by atoms with E-state index in [9.17, 15) is 13.2 Å². The molecule has 0 heterocycles. The molecule has 0 aliphatic heterocycles. The average Bonchev–Trinajstić information content (AvgIpc) is 2.21. The molecule has 0 spiro atoms. The number of hydrogen-bond donors (Lipinski definition) is 2. The Labute approximate surface area is 91.0 Å². The van der Waals surface area contributed by atoms with Crippen molar-refractivity contribution in [2.75, 3.05) is 18.8 Å². The van der Waals surface area contributed by atoms with Crippen molar-refractivity contribution in [3.63, 3.8) is 0 Å². The van der Waals surface area contributed by atoms with Crippen molar-refractivity contribution in [3.05, 3.63) is 12.7 Å². The highest BCUT2D eigenvalue weighted by atomic mass is 32.2. The maximum atomic E-state index is 11.3. The quantitative estimate of drug-likeness (QED) is 0.581. The summed E-state index contributed by atoms with van der Waals surface area (Å²) < 4.78 is 24.7.